The summed E-state index contributed by atoms with van der Waals surface area (Å²) >= 11 is 0. The van der Waals surface area contributed by atoms with E-state index in [9.17, 15) is 25.4 Å². The largest absolute Gasteiger partial charge is 0.394 e. The number of ether oxygens (including phenoxy) is 1. The van der Waals surface area contributed by atoms with E-state index in [1.54, 1.807) is 0 Å². The average molecular weight is 300 g/mol. The van der Waals surface area contributed by atoms with Crippen molar-refractivity contribution >= 4 is 5.69 Å². The molecule has 1 aromatic rings. The number of rotatable bonds is 3. The highest BCUT2D eigenvalue weighted by Gasteiger charge is 2.52. The van der Waals surface area contributed by atoms with Gasteiger partial charge in [0.25, 0.3) is 5.69 Å². The van der Waals surface area contributed by atoms with Gasteiger partial charge in [-0.1, -0.05) is 0 Å². The second kappa shape index (κ2) is 5.64. The first kappa shape index (κ1) is 15.8. The lowest BCUT2D eigenvalue weighted by atomic mass is 9.86. The molecular weight excluding hydrogens is 284 g/mol. The van der Waals surface area contributed by atoms with Gasteiger partial charge in [-0.2, -0.15) is 0 Å². The minimum absolute atomic E-state index is 0.0741. The third-order valence-electron chi connectivity index (χ3n) is 3.55. The molecule has 0 bridgehead atoms. The number of non-ortho nitro benzene ring substituents is 1. The summed E-state index contributed by atoms with van der Waals surface area (Å²) < 4.78 is 5.21. The number of hydrogen-bond donors (Lipinski definition) is 5. The van der Waals surface area contributed by atoms with Crippen LogP contribution in [0.2, 0.25) is 0 Å². The molecule has 0 radical (unpaired) electrons. The van der Waals surface area contributed by atoms with Gasteiger partial charge in [0, 0.05) is 17.7 Å². The van der Waals surface area contributed by atoms with Crippen LogP contribution in [0.4, 0.5) is 5.69 Å². The Morgan fingerprint density at radius 2 is 1.86 bits per heavy atom. The number of nitrogens with zero attached hydrogens (tertiary/aromatic N) is 1. The van der Waals surface area contributed by atoms with Crippen molar-refractivity contribution in [1.29, 1.82) is 0 Å². The number of nitrogens with two attached hydrogens (primary N) is 1. The van der Waals surface area contributed by atoms with Gasteiger partial charge in [0.05, 0.1) is 17.6 Å². The minimum Gasteiger partial charge on any atom is -0.394 e. The fourth-order valence-corrected chi connectivity index (χ4v) is 2.27. The normalized spacial score (nSPS) is 36.4. The highest BCUT2D eigenvalue weighted by atomic mass is 16.6. The fourth-order valence-electron chi connectivity index (χ4n) is 2.27. The second-order valence-electron chi connectivity index (χ2n) is 4.85. The van der Waals surface area contributed by atoms with Gasteiger partial charge in [0.1, 0.15) is 18.3 Å². The van der Waals surface area contributed by atoms with Crippen molar-refractivity contribution in [2.45, 2.75) is 30.1 Å². The first-order chi connectivity index (χ1) is 9.81. The van der Waals surface area contributed by atoms with E-state index in [1.807, 2.05) is 0 Å². The molecule has 0 saturated carbocycles. The van der Waals surface area contributed by atoms with E-state index in [2.05, 4.69) is 0 Å². The van der Waals surface area contributed by atoms with Crippen LogP contribution in [-0.4, -0.2) is 56.3 Å². The van der Waals surface area contributed by atoms with Gasteiger partial charge in [0.15, 0.2) is 0 Å². The Balaban J connectivity index is 2.37. The van der Waals surface area contributed by atoms with Crippen LogP contribution in [0.1, 0.15) is 5.56 Å². The summed E-state index contributed by atoms with van der Waals surface area (Å²) in [7, 11) is 0. The molecule has 1 aliphatic rings. The highest BCUT2D eigenvalue weighted by molar-refractivity contribution is 5.35. The van der Waals surface area contributed by atoms with Crippen LogP contribution >= 0.6 is 0 Å². The van der Waals surface area contributed by atoms with Gasteiger partial charge in [-0.3, -0.25) is 10.1 Å². The number of aliphatic hydroxyl groups excluding tert-OH is 3. The van der Waals surface area contributed by atoms with Crippen molar-refractivity contribution in [2.75, 3.05) is 6.61 Å². The van der Waals surface area contributed by atoms with Crippen LogP contribution in [0.25, 0.3) is 0 Å². The van der Waals surface area contributed by atoms with Crippen molar-refractivity contribution in [1.82, 2.24) is 0 Å². The topological polar surface area (TPSA) is 159 Å². The number of benzene rings is 1. The van der Waals surface area contributed by atoms with E-state index in [0.29, 0.717) is 0 Å². The molecule has 21 heavy (non-hydrogen) atoms. The number of nitro benzene ring substituents is 1. The lowest BCUT2D eigenvalue weighted by molar-refractivity contribution is -0.385. The Hall–Kier alpha value is -1.62. The first-order valence-corrected chi connectivity index (χ1v) is 6.19. The maximum atomic E-state index is 10.6. The molecule has 1 fully saturated rings. The molecule has 1 heterocycles. The van der Waals surface area contributed by atoms with Gasteiger partial charge >= 0.3 is 0 Å². The van der Waals surface area contributed by atoms with E-state index >= 15 is 0 Å². The van der Waals surface area contributed by atoms with Crippen LogP contribution in [0.3, 0.4) is 0 Å². The summed E-state index contributed by atoms with van der Waals surface area (Å²) in [5.74, 6) is -2.18. The molecule has 5 atom stereocenters. The lowest BCUT2D eigenvalue weighted by Gasteiger charge is -2.46. The molecule has 0 unspecified atom stereocenters. The summed E-state index contributed by atoms with van der Waals surface area (Å²) in [6.45, 7) is -0.639. The zero-order valence-corrected chi connectivity index (χ0v) is 10.9. The van der Waals surface area contributed by atoms with Crippen LogP contribution in [0.5, 0.6) is 0 Å². The Morgan fingerprint density at radius 3 is 2.33 bits per heavy atom. The zero-order valence-electron chi connectivity index (χ0n) is 10.9. The fraction of sp³-hybridized carbons (Fsp3) is 0.500. The third kappa shape index (κ3) is 2.62. The maximum absolute atomic E-state index is 10.6. The molecule has 1 saturated heterocycles. The predicted molar refractivity (Wildman–Crippen MR) is 68.9 cm³/mol. The minimum atomic E-state index is -2.18. The molecule has 0 spiro atoms. The van der Waals surface area contributed by atoms with Crippen LogP contribution in [-0.2, 0) is 10.5 Å². The number of hydrogen-bond acceptors (Lipinski definition) is 8. The third-order valence-corrected chi connectivity index (χ3v) is 3.55. The summed E-state index contributed by atoms with van der Waals surface area (Å²) in [5.41, 5.74) is 5.58. The van der Waals surface area contributed by atoms with Gasteiger partial charge in [-0.25, -0.2) is 0 Å². The molecule has 2 rings (SSSR count). The molecule has 0 aliphatic carbocycles. The van der Waals surface area contributed by atoms with Gasteiger partial charge in [-0.05, 0) is 12.1 Å². The molecule has 0 amide bonds. The summed E-state index contributed by atoms with van der Waals surface area (Å²) in [6, 6.07) is 3.37. The SMILES string of the molecule is N[C@@H]1[C@@H](O)[C@H](O)[C@@H](CO)O[C@]1(O)c1ccc([N+](=O)[O-])cc1. The molecule has 9 heteroatoms. The van der Waals surface area contributed by atoms with Gasteiger partial charge in [0.2, 0.25) is 5.79 Å². The molecule has 1 aromatic carbocycles. The number of nitro groups is 1. The molecule has 1 aliphatic heterocycles. The second-order valence-corrected chi connectivity index (χ2v) is 4.85. The van der Waals surface area contributed by atoms with Gasteiger partial charge < -0.3 is 30.9 Å². The first-order valence-electron chi connectivity index (χ1n) is 6.19. The lowest BCUT2D eigenvalue weighted by Crippen LogP contribution is -2.66. The predicted octanol–water partition coefficient (Wildman–Crippen LogP) is -1.82. The molecule has 9 nitrogen and oxygen atoms in total. The van der Waals surface area contributed by atoms with E-state index in [1.165, 1.54) is 12.1 Å². The quantitative estimate of drug-likeness (QED) is 0.322. The molecule has 6 N–H and O–H groups in total. The Morgan fingerprint density at radius 1 is 1.29 bits per heavy atom. The van der Waals surface area contributed by atoms with Crippen molar-refractivity contribution in [3.05, 3.63) is 39.9 Å². The Bertz CT molecular complexity index is 521. The Kier molecular flexibility index (Phi) is 4.23. The zero-order chi connectivity index (χ0) is 15.8. The summed E-state index contributed by atoms with van der Waals surface area (Å²) in [5, 5.41) is 49.8. The van der Waals surface area contributed by atoms with Crippen molar-refractivity contribution in [3.8, 4) is 0 Å². The van der Waals surface area contributed by atoms with Crippen molar-refractivity contribution in [3.63, 3.8) is 0 Å². The standard InChI is InChI=1S/C12H16N2O7/c13-11-10(17)9(16)8(5-15)21-12(11,18)6-1-3-7(4-2-6)14(19)20/h1-4,8-11,15-18H,5,13H2/t8-,9-,10+,11-,12-/m1/s1. The van der Waals surface area contributed by atoms with E-state index in [0.717, 1.165) is 12.1 Å². The highest BCUT2D eigenvalue weighted by Crippen LogP contribution is 2.35. The van der Waals surface area contributed by atoms with Crippen LogP contribution < -0.4 is 5.73 Å². The Labute approximate surface area is 119 Å². The van der Waals surface area contributed by atoms with E-state index < -0.39 is 41.7 Å². The summed E-state index contributed by atoms with van der Waals surface area (Å²) in [6.07, 6.45) is -4.22. The molecule has 0 aromatic heterocycles. The summed E-state index contributed by atoms with van der Waals surface area (Å²) in [4.78, 5) is 10.0. The van der Waals surface area contributed by atoms with Crippen LogP contribution in [0, 0.1) is 10.1 Å². The van der Waals surface area contributed by atoms with Crippen molar-refractivity contribution in [2.24, 2.45) is 5.73 Å². The van der Waals surface area contributed by atoms with E-state index in [4.69, 9.17) is 15.6 Å². The molecular formula is C12H16N2O7. The van der Waals surface area contributed by atoms with E-state index in [-0.39, 0.29) is 11.3 Å². The van der Waals surface area contributed by atoms with Crippen LogP contribution in [0.15, 0.2) is 24.3 Å². The monoisotopic (exact) mass is 300 g/mol. The maximum Gasteiger partial charge on any atom is 0.269 e. The average Bonchev–Trinajstić information content (AvgIpc) is 2.49. The number of aliphatic hydroxyl groups is 4. The molecule has 116 valence electrons. The van der Waals surface area contributed by atoms with Gasteiger partial charge in [-0.15, -0.1) is 0 Å². The smallest absolute Gasteiger partial charge is 0.269 e. The van der Waals surface area contributed by atoms with Crippen molar-refractivity contribution < 1.29 is 30.1 Å².